The molecule has 0 saturated carbocycles. The van der Waals surface area contributed by atoms with Gasteiger partial charge in [-0.15, -0.1) is 0 Å². The van der Waals surface area contributed by atoms with Crippen LogP contribution in [0, 0.1) is 0 Å². The molecule has 2 aromatic rings. The Morgan fingerprint density at radius 1 is 1.54 bits per heavy atom. The van der Waals surface area contributed by atoms with Crippen LogP contribution in [0.2, 0.25) is 0 Å². The maximum atomic E-state index is 10.7. The Morgan fingerprint density at radius 3 is 3.00 bits per heavy atom. The molecule has 6 heteroatoms. The Morgan fingerprint density at radius 2 is 2.31 bits per heavy atom. The molecule has 0 radical (unpaired) electrons. The molecule has 5 nitrogen and oxygen atoms in total. The summed E-state index contributed by atoms with van der Waals surface area (Å²) in [5.41, 5.74) is 0.647. The molecule has 0 bridgehead atoms. The highest BCUT2D eigenvalue weighted by molar-refractivity contribution is 9.10. The van der Waals surface area contributed by atoms with Crippen LogP contribution in [0.1, 0.15) is 10.5 Å². The minimum atomic E-state index is -1.03. The SMILES string of the molecule is O=C(O)c1cnc2ccnc(Br)n12. The van der Waals surface area contributed by atoms with Gasteiger partial charge >= 0.3 is 5.97 Å². The molecule has 13 heavy (non-hydrogen) atoms. The third-order valence-corrected chi connectivity index (χ3v) is 2.16. The molecule has 2 aromatic heterocycles. The van der Waals surface area contributed by atoms with E-state index in [0.717, 1.165) is 0 Å². The van der Waals surface area contributed by atoms with E-state index < -0.39 is 5.97 Å². The third kappa shape index (κ3) is 1.19. The first kappa shape index (κ1) is 8.18. The van der Waals surface area contributed by atoms with E-state index in [1.54, 1.807) is 12.3 Å². The topological polar surface area (TPSA) is 67.5 Å². The Labute approximate surface area is 81.2 Å². The fourth-order valence-corrected chi connectivity index (χ4v) is 1.54. The van der Waals surface area contributed by atoms with E-state index in [-0.39, 0.29) is 5.69 Å². The van der Waals surface area contributed by atoms with Crippen LogP contribution in [0.3, 0.4) is 0 Å². The number of nitrogens with zero attached hydrogens (tertiary/aromatic N) is 3. The first-order chi connectivity index (χ1) is 6.20. The molecule has 0 saturated heterocycles. The lowest BCUT2D eigenvalue weighted by atomic mass is 10.5. The highest BCUT2D eigenvalue weighted by Gasteiger charge is 2.12. The molecule has 0 spiro atoms. The van der Waals surface area contributed by atoms with Crippen molar-refractivity contribution < 1.29 is 9.90 Å². The third-order valence-electron chi connectivity index (χ3n) is 1.60. The van der Waals surface area contributed by atoms with Crippen LogP contribution in [0.15, 0.2) is 23.2 Å². The van der Waals surface area contributed by atoms with Crippen molar-refractivity contribution >= 4 is 27.5 Å². The Bertz CT molecular complexity index is 480. The molecule has 0 atom stereocenters. The number of aromatic nitrogens is 3. The Hall–Kier alpha value is -1.43. The first-order valence-electron chi connectivity index (χ1n) is 3.41. The van der Waals surface area contributed by atoms with Crippen molar-refractivity contribution in [1.82, 2.24) is 14.4 Å². The summed E-state index contributed by atoms with van der Waals surface area (Å²) in [6, 6.07) is 1.64. The number of carboxylic acids is 1. The number of hydrogen-bond donors (Lipinski definition) is 1. The fourth-order valence-electron chi connectivity index (χ4n) is 1.05. The smallest absolute Gasteiger partial charge is 0.354 e. The monoisotopic (exact) mass is 241 g/mol. The molecule has 0 unspecified atom stereocenters. The minimum absolute atomic E-state index is 0.0926. The largest absolute Gasteiger partial charge is 0.477 e. The van der Waals surface area contributed by atoms with Gasteiger partial charge in [0.25, 0.3) is 0 Å². The lowest BCUT2D eigenvalue weighted by molar-refractivity contribution is 0.0689. The zero-order chi connectivity index (χ0) is 9.42. The molecular weight excluding hydrogens is 238 g/mol. The van der Waals surface area contributed by atoms with Crippen LogP contribution in [-0.4, -0.2) is 25.4 Å². The number of hydrogen-bond acceptors (Lipinski definition) is 3. The van der Waals surface area contributed by atoms with Crippen LogP contribution < -0.4 is 0 Å². The average Bonchev–Trinajstić information content (AvgIpc) is 2.49. The van der Waals surface area contributed by atoms with Crippen molar-refractivity contribution in [2.45, 2.75) is 0 Å². The summed E-state index contributed by atoms with van der Waals surface area (Å²) in [6.45, 7) is 0. The van der Waals surface area contributed by atoms with Gasteiger partial charge in [0.2, 0.25) is 0 Å². The molecule has 1 N–H and O–H groups in total. The van der Waals surface area contributed by atoms with Crippen molar-refractivity contribution in [2.24, 2.45) is 0 Å². The Kier molecular flexibility index (Phi) is 1.77. The van der Waals surface area contributed by atoms with Crippen LogP contribution >= 0.6 is 15.9 Å². The molecule has 0 aliphatic carbocycles. The lowest BCUT2D eigenvalue weighted by Crippen LogP contribution is -2.03. The van der Waals surface area contributed by atoms with Crippen LogP contribution in [-0.2, 0) is 0 Å². The van der Waals surface area contributed by atoms with Crippen molar-refractivity contribution in [3.05, 3.63) is 28.9 Å². The van der Waals surface area contributed by atoms with Crippen molar-refractivity contribution in [3.8, 4) is 0 Å². The van der Waals surface area contributed by atoms with E-state index in [2.05, 4.69) is 25.9 Å². The van der Waals surface area contributed by atoms with E-state index in [0.29, 0.717) is 10.4 Å². The van der Waals surface area contributed by atoms with Crippen molar-refractivity contribution in [2.75, 3.05) is 0 Å². The zero-order valence-corrected chi connectivity index (χ0v) is 7.89. The highest BCUT2D eigenvalue weighted by atomic mass is 79.9. The number of carbonyl (C=O) groups is 1. The van der Waals surface area contributed by atoms with Gasteiger partial charge in [0, 0.05) is 6.20 Å². The van der Waals surface area contributed by atoms with Gasteiger partial charge in [-0.05, 0) is 22.0 Å². The summed E-state index contributed by atoms with van der Waals surface area (Å²) in [5.74, 6) is -1.03. The lowest BCUT2D eigenvalue weighted by Gasteiger charge is -1.97. The van der Waals surface area contributed by atoms with E-state index in [1.165, 1.54) is 10.6 Å². The van der Waals surface area contributed by atoms with E-state index in [1.807, 2.05) is 0 Å². The van der Waals surface area contributed by atoms with Crippen molar-refractivity contribution in [1.29, 1.82) is 0 Å². The van der Waals surface area contributed by atoms with Crippen LogP contribution in [0.5, 0.6) is 0 Å². The summed E-state index contributed by atoms with van der Waals surface area (Å²) in [5, 5.41) is 8.79. The second-order valence-electron chi connectivity index (χ2n) is 2.36. The maximum Gasteiger partial charge on any atom is 0.354 e. The van der Waals surface area contributed by atoms with Crippen LogP contribution in [0.4, 0.5) is 0 Å². The molecule has 2 heterocycles. The summed E-state index contributed by atoms with van der Waals surface area (Å²) in [7, 11) is 0. The summed E-state index contributed by atoms with van der Waals surface area (Å²) >= 11 is 3.14. The molecule has 0 aromatic carbocycles. The molecule has 0 amide bonds. The molecule has 2 rings (SSSR count). The molecule has 0 aliphatic rings. The van der Waals surface area contributed by atoms with E-state index >= 15 is 0 Å². The first-order valence-corrected chi connectivity index (χ1v) is 4.20. The number of halogens is 1. The molecule has 0 aliphatic heterocycles. The quantitative estimate of drug-likeness (QED) is 0.762. The van der Waals surface area contributed by atoms with Gasteiger partial charge in [-0.3, -0.25) is 4.40 Å². The van der Waals surface area contributed by atoms with Gasteiger partial charge < -0.3 is 5.11 Å². The van der Waals surface area contributed by atoms with Gasteiger partial charge in [-0.1, -0.05) is 0 Å². The van der Waals surface area contributed by atoms with Crippen molar-refractivity contribution in [3.63, 3.8) is 0 Å². The fraction of sp³-hybridized carbons (Fsp3) is 0. The molecule has 66 valence electrons. The summed E-state index contributed by atoms with van der Waals surface area (Å²) in [4.78, 5) is 18.5. The van der Waals surface area contributed by atoms with Gasteiger partial charge in [0.1, 0.15) is 5.65 Å². The number of imidazole rings is 1. The predicted octanol–water partition coefficient (Wildman–Crippen LogP) is 1.19. The number of aromatic carboxylic acids is 1. The van der Waals surface area contributed by atoms with Gasteiger partial charge in [0.15, 0.2) is 10.4 Å². The minimum Gasteiger partial charge on any atom is -0.477 e. The standard InChI is InChI=1S/C7H4BrN3O2/c8-7-9-2-1-5-10-3-4(6(12)13)11(5)7/h1-3H,(H,12,13). The number of carboxylic acid groups (broad SMARTS) is 1. The molecular formula is C7H4BrN3O2. The van der Waals surface area contributed by atoms with Crippen LogP contribution in [0.25, 0.3) is 5.65 Å². The number of rotatable bonds is 1. The highest BCUT2D eigenvalue weighted by Crippen LogP contribution is 2.12. The molecule has 0 fully saturated rings. The second-order valence-corrected chi connectivity index (χ2v) is 3.07. The van der Waals surface area contributed by atoms with Gasteiger partial charge in [-0.25, -0.2) is 14.8 Å². The van der Waals surface area contributed by atoms with Gasteiger partial charge in [-0.2, -0.15) is 0 Å². The van der Waals surface area contributed by atoms with E-state index in [9.17, 15) is 4.79 Å². The van der Waals surface area contributed by atoms with E-state index in [4.69, 9.17) is 5.11 Å². The summed E-state index contributed by atoms with van der Waals surface area (Å²) in [6.07, 6.45) is 2.85. The Balaban J connectivity index is 2.86. The summed E-state index contributed by atoms with van der Waals surface area (Å²) < 4.78 is 1.85. The normalized spacial score (nSPS) is 10.5. The predicted molar refractivity (Wildman–Crippen MR) is 47.6 cm³/mol. The second kappa shape index (κ2) is 2.81. The average molecular weight is 242 g/mol. The van der Waals surface area contributed by atoms with Gasteiger partial charge in [0.05, 0.1) is 6.20 Å². The zero-order valence-electron chi connectivity index (χ0n) is 6.31. The number of fused-ring (bicyclic) bond motifs is 1. The maximum absolute atomic E-state index is 10.7.